The van der Waals surface area contributed by atoms with Crippen LogP contribution in [0.25, 0.3) is 5.82 Å². The molecule has 0 aliphatic carbocycles. The number of H-pyrrole nitrogens is 1. The first-order valence-electron chi connectivity index (χ1n) is 7.73. The molecule has 2 heterocycles. The van der Waals surface area contributed by atoms with Crippen molar-refractivity contribution in [3.05, 3.63) is 64.2 Å². The Morgan fingerprint density at radius 1 is 1.15 bits per heavy atom. The largest absolute Gasteiger partial charge is 0.495 e. The standard InChI is InChI=1S/C17H18N4O4S/c1-11-4-6-14(25-3)15(8-11)26(23,24)20-13-5-7-16(18-10-13)21-17(22)9-12(2)19-21/h4-10,19-20H,1-3H3. The number of anilines is 1. The molecule has 0 saturated heterocycles. The lowest BCUT2D eigenvalue weighted by Gasteiger charge is -2.12. The van der Waals surface area contributed by atoms with E-state index in [1.807, 2.05) is 0 Å². The normalized spacial score (nSPS) is 11.3. The summed E-state index contributed by atoms with van der Waals surface area (Å²) < 4.78 is 34.2. The number of hydrogen-bond donors (Lipinski definition) is 2. The van der Waals surface area contributed by atoms with Gasteiger partial charge in [0.1, 0.15) is 10.6 Å². The fourth-order valence-electron chi connectivity index (χ4n) is 2.47. The highest BCUT2D eigenvalue weighted by Crippen LogP contribution is 2.26. The molecule has 0 spiro atoms. The molecule has 0 fully saturated rings. The van der Waals surface area contributed by atoms with Gasteiger partial charge in [0.05, 0.1) is 19.0 Å². The van der Waals surface area contributed by atoms with Crippen LogP contribution in [0.2, 0.25) is 0 Å². The second-order valence-electron chi connectivity index (χ2n) is 5.78. The number of ether oxygens (including phenoxy) is 1. The predicted octanol–water partition coefficient (Wildman–Crippen LogP) is 1.99. The average Bonchev–Trinajstić information content (AvgIpc) is 2.93. The van der Waals surface area contributed by atoms with Crippen molar-refractivity contribution in [1.29, 1.82) is 0 Å². The van der Waals surface area contributed by atoms with Gasteiger partial charge in [0.15, 0.2) is 5.82 Å². The Hall–Kier alpha value is -3.07. The van der Waals surface area contributed by atoms with Crippen molar-refractivity contribution < 1.29 is 13.2 Å². The first-order valence-corrected chi connectivity index (χ1v) is 9.21. The Morgan fingerprint density at radius 3 is 2.50 bits per heavy atom. The van der Waals surface area contributed by atoms with Gasteiger partial charge >= 0.3 is 0 Å². The number of nitrogens with zero attached hydrogens (tertiary/aromatic N) is 2. The Labute approximate surface area is 150 Å². The lowest BCUT2D eigenvalue weighted by Crippen LogP contribution is -2.16. The maximum atomic E-state index is 12.7. The van der Waals surface area contributed by atoms with E-state index in [-0.39, 0.29) is 21.9 Å². The van der Waals surface area contributed by atoms with Gasteiger partial charge in [-0.2, -0.15) is 0 Å². The van der Waals surface area contributed by atoms with E-state index in [2.05, 4.69) is 14.8 Å². The summed E-state index contributed by atoms with van der Waals surface area (Å²) in [7, 11) is -2.44. The van der Waals surface area contributed by atoms with Crippen LogP contribution in [0.4, 0.5) is 5.69 Å². The summed E-state index contributed by atoms with van der Waals surface area (Å²) in [5.74, 6) is 0.611. The summed E-state index contributed by atoms with van der Waals surface area (Å²) in [6.45, 7) is 3.56. The van der Waals surface area contributed by atoms with E-state index in [0.29, 0.717) is 11.5 Å². The number of aromatic nitrogens is 3. The third kappa shape index (κ3) is 3.47. The molecule has 0 radical (unpaired) electrons. The SMILES string of the molecule is COc1ccc(C)cc1S(=O)(=O)Nc1ccc(-n2[nH]c(C)cc2=O)nc1. The van der Waals surface area contributed by atoms with E-state index >= 15 is 0 Å². The number of benzene rings is 1. The summed E-state index contributed by atoms with van der Waals surface area (Å²) in [5, 5.41) is 2.86. The van der Waals surface area contributed by atoms with E-state index in [4.69, 9.17) is 4.74 Å². The molecule has 0 saturated carbocycles. The van der Waals surface area contributed by atoms with Crippen LogP contribution in [0, 0.1) is 13.8 Å². The van der Waals surface area contributed by atoms with Crippen LogP contribution in [-0.2, 0) is 10.0 Å². The van der Waals surface area contributed by atoms with Crippen molar-refractivity contribution in [3.63, 3.8) is 0 Å². The maximum absolute atomic E-state index is 12.7. The first kappa shape index (κ1) is 17.7. The van der Waals surface area contributed by atoms with Gasteiger partial charge in [-0.1, -0.05) is 6.07 Å². The van der Waals surface area contributed by atoms with Crippen molar-refractivity contribution >= 4 is 15.7 Å². The number of sulfonamides is 1. The highest BCUT2D eigenvalue weighted by molar-refractivity contribution is 7.92. The quantitative estimate of drug-likeness (QED) is 0.710. The van der Waals surface area contributed by atoms with Gasteiger partial charge in [0, 0.05) is 11.8 Å². The molecule has 0 aliphatic rings. The van der Waals surface area contributed by atoms with E-state index in [1.54, 1.807) is 32.0 Å². The van der Waals surface area contributed by atoms with Gasteiger partial charge in [-0.3, -0.25) is 14.6 Å². The van der Waals surface area contributed by atoms with Gasteiger partial charge < -0.3 is 4.74 Å². The van der Waals surface area contributed by atoms with Crippen LogP contribution < -0.4 is 15.0 Å². The van der Waals surface area contributed by atoms with E-state index in [1.165, 1.54) is 36.2 Å². The lowest BCUT2D eigenvalue weighted by atomic mass is 10.2. The van der Waals surface area contributed by atoms with E-state index in [9.17, 15) is 13.2 Å². The highest BCUT2D eigenvalue weighted by atomic mass is 32.2. The summed E-state index contributed by atoms with van der Waals surface area (Å²) in [4.78, 5) is 16.0. The Balaban J connectivity index is 1.90. The van der Waals surface area contributed by atoms with Crippen LogP contribution >= 0.6 is 0 Å². The zero-order valence-corrected chi connectivity index (χ0v) is 15.3. The summed E-state index contributed by atoms with van der Waals surface area (Å²) >= 11 is 0. The van der Waals surface area contributed by atoms with Crippen molar-refractivity contribution in [3.8, 4) is 11.6 Å². The highest BCUT2D eigenvalue weighted by Gasteiger charge is 2.20. The molecule has 1 aromatic carbocycles. The first-order chi connectivity index (χ1) is 12.3. The molecule has 26 heavy (non-hydrogen) atoms. The van der Waals surface area contributed by atoms with Gasteiger partial charge in [-0.15, -0.1) is 0 Å². The molecule has 2 N–H and O–H groups in total. The molecule has 2 aromatic heterocycles. The Kier molecular flexibility index (Phi) is 4.56. The number of rotatable bonds is 5. The molecule has 8 nitrogen and oxygen atoms in total. The third-order valence-electron chi connectivity index (χ3n) is 3.69. The zero-order valence-electron chi connectivity index (χ0n) is 14.5. The topological polar surface area (TPSA) is 106 Å². The summed E-state index contributed by atoms with van der Waals surface area (Å²) in [6, 6.07) is 9.43. The van der Waals surface area contributed by atoms with Crippen LogP contribution in [0.15, 0.2) is 52.3 Å². The molecule has 0 unspecified atom stereocenters. The van der Waals surface area contributed by atoms with E-state index < -0.39 is 10.0 Å². The molecule has 3 aromatic rings. The molecular weight excluding hydrogens is 356 g/mol. The van der Waals surface area contributed by atoms with Crippen LogP contribution in [0.5, 0.6) is 5.75 Å². The monoisotopic (exact) mass is 374 g/mol. The van der Waals surface area contributed by atoms with Gasteiger partial charge in [0.25, 0.3) is 15.6 Å². The lowest BCUT2D eigenvalue weighted by molar-refractivity contribution is 0.402. The van der Waals surface area contributed by atoms with Crippen LogP contribution in [0.3, 0.4) is 0 Å². The third-order valence-corrected chi connectivity index (χ3v) is 5.09. The molecular formula is C17H18N4O4S. The van der Waals surface area contributed by atoms with Crippen molar-refractivity contribution in [2.24, 2.45) is 0 Å². The van der Waals surface area contributed by atoms with Crippen molar-refractivity contribution in [2.75, 3.05) is 11.8 Å². The minimum Gasteiger partial charge on any atom is -0.495 e. The maximum Gasteiger partial charge on any atom is 0.272 e. The van der Waals surface area contributed by atoms with Gasteiger partial charge in [-0.25, -0.2) is 18.1 Å². The number of pyridine rings is 1. The average molecular weight is 374 g/mol. The molecule has 0 atom stereocenters. The fraction of sp³-hybridized carbons (Fsp3) is 0.176. The van der Waals surface area contributed by atoms with Crippen molar-refractivity contribution in [2.45, 2.75) is 18.7 Å². The van der Waals surface area contributed by atoms with Crippen LogP contribution in [0.1, 0.15) is 11.3 Å². The van der Waals surface area contributed by atoms with Crippen LogP contribution in [-0.4, -0.2) is 30.3 Å². The number of aryl methyl sites for hydroxylation is 2. The van der Waals surface area contributed by atoms with Gasteiger partial charge in [-0.05, 0) is 43.7 Å². The Bertz CT molecular complexity index is 1100. The Morgan fingerprint density at radius 2 is 1.92 bits per heavy atom. The molecule has 0 aliphatic heterocycles. The number of methoxy groups -OCH3 is 1. The molecule has 9 heteroatoms. The summed E-state index contributed by atoms with van der Waals surface area (Å²) in [6.07, 6.45) is 1.35. The smallest absolute Gasteiger partial charge is 0.272 e. The molecule has 0 bridgehead atoms. The second kappa shape index (κ2) is 6.68. The zero-order chi connectivity index (χ0) is 18.9. The number of aromatic amines is 1. The molecule has 3 rings (SSSR count). The number of nitrogens with one attached hydrogen (secondary N) is 2. The van der Waals surface area contributed by atoms with E-state index in [0.717, 1.165) is 5.56 Å². The minimum atomic E-state index is -3.85. The second-order valence-corrected chi connectivity index (χ2v) is 7.43. The van der Waals surface area contributed by atoms with Gasteiger partial charge in [0.2, 0.25) is 0 Å². The fourth-order valence-corrected chi connectivity index (χ4v) is 3.76. The summed E-state index contributed by atoms with van der Waals surface area (Å²) in [5.41, 5.74) is 1.52. The predicted molar refractivity (Wildman–Crippen MR) is 97.5 cm³/mol. The number of hydrogen-bond acceptors (Lipinski definition) is 5. The van der Waals surface area contributed by atoms with Crippen molar-refractivity contribution in [1.82, 2.24) is 14.8 Å². The molecule has 0 amide bonds. The minimum absolute atomic E-state index is 0.0419. The molecule has 136 valence electrons.